The summed E-state index contributed by atoms with van der Waals surface area (Å²) >= 11 is 4.42. The Hall–Kier alpha value is -0.830. The van der Waals surface area contributed by atoms with Crippen LogP contribution in [0.5, 0.6) is 0 Å². The van der Waals surface area contributed by atoms with E-state index in [1.165, 1.54) is 0 Å². The fourth-order valence-corrected chi connectivity index (χ4v) is 3.38. The van der Waals surface area contributed by atoms with Gasteiger partial charge < -0.3 is 0 Å². The lowest BCUT2D eigenvalue weighted by Crippen LogP contribution is -1.94. The maximum Gasteiger partial charge on any atom is 0.161 e. The zero-order valence-corrected chi connectivity index (χ0v) is 13.5. The average molecular weight is 459 g/mol. The van der Waals surface area contributed by atoms with Crippen molar-refractivity contribution >= 4 is 56.0 Å². The Kier molecular flexibility index (Phi) is 3.42. The van der Waals surface area contributed by atoms with Crippen molar-refractivity contribution < 1.29 is 0 Å². The standard InChI is InChI=1S/C13H7I2N3/c14-11-6-12(15)18-13(17-11)9-1-2-10-7-16-4-3-8(10)5-9/h1-7H. The van der Waals surface area contributed by atoms with E-state index in [-0.39, 0.29) is 0 Å². The Morgan fingerprint density at radius 1 is 0.833 bits per heavy atom. The monoisotopic (exact) mass is 459 g/mol. The number of fused-ring (bicyclic) bond motifs is 1. The van der Waals surface area contributed by atoms with Gasteiger partial charge >= 0.3 is 0 Å². The molecule has 0 radical (unpaired) electrons. The van der Waals surface area contributed by atoms with E-state index in [2.05, 4.69) is 66.2 Å². The van der Waals surface area contributed by atoms with Gasteiger partial charge in [0.15, 0.2) is 5.82 Å². The van der Waals surface area contributed by atoms with Crippen molar-refractivity contribution in [3.63, 3.8) is 0 Å². The summed E-state index contributed by atoms with van der Waals surface area (Å²) in [6.07, 6.45) is 3.66. The zero-order valence-electron chi connectivity index (χ0n) is 9.14. The van der Waals surface area contributed by atoms with Crippen LogP contribution in [0.4, 0.5) is 0 Å². The Morgan fingerprint density at radius 2 is 1.61 bits per heavy atom. The molecule has 3 aromatic rings. The first-order valence-corrected chi connectivity index (χ1v) is 7.42. The molecule has 0 saturated carbocycles. The minimum Gasteiger partial charge on any atom is -0.264 e. The average Bonchev–Trinajstić information content (AvgIpc) is 2.37. The molecule has 3 nitrogen and oxygen atoms in total. The summed E-state index contributed by atoms with van der Waals surface area (Å²) < 4.78 is 1.91. The largest absolute Gasteiger partial charge is 0.264 e. The first-order valence-electron chi connectivity index (χ1n) is 5.26. The summed E-state index contributed by atoms with van der Waals surface area (Å²) in [5.41, 5.74) is 1.03. The Labute approximate surface area is 131 Å². The van der Waals surface area contributed by atoms with Gasteiger partial charge in [0.25, 0.3) is 0 Å². The number of nitrogens with zero attached hydrogens (tertiary/aromatic N) is 3. The first kappa shape index (κ1) is 12.2. The number of hydrogen-bond donors (Lipinski definition) is 0. The van der Waals surface area contributed by atoms with Gasteiger partial charge in [-0.2, -0.15) is 0 Å². The Morgan fingerprint density at radius 3 is 2.39 bits per heavy atom. The first-order chi connectivity index (χ1) is 8.72. The van der Waals surface area contributed by atoms with Gasteiger partial charge in [-0.3, -0.25) is 4.98 Å². The molecule has 2 heterocycles. The second kappa shape index (κ2) is 5.04. The van der Waals surface area contributed by atoms with Gasteiger partial charge in [0.2, 0.25) is 0 Å². The molecule has 0 fully saturated rings. The van der Waals surface area contributed by atoms with Gasteiger partial charge in [-0.05, 0) is 62.7 Å². The van der Waals surface area contributed by atoms with E-state index in [1.54, 1.807) is 6.20 Å². The molecule has 0 aliphatic carbocycles. The molecule has 18 heavy (non-hydrogen) atoms. The summed E-state index contributed by atoms with van der Waals surface area (Å²) in [5, 5.41) is 2.28. The van der Waals surface area contributed by atoms with Crippen molar-refractivity contribution in [3.8, 4) is 11.4 Å². The minimum absolute atomic E-state index is 0.769. The number of hydrogen-bond acceptors (Lipinski definition) is 3. The molecule has 0 bridgehead atoms. The molecule has 0 aliphatic rings. The van der Waals surface area contributed by atoms with Crippen molar-refractivity contribution in [1.29, 1.82) is 0 Å². The van der Waals surface area contributed by atoms with Gasteiger partial charge in [-0.25, -0.2) is 9.97 Å². The maximum absolute atomic E-state index is 4.47. The van der Waals surface area contributed by atoms with Crippen LogP contribution >= 0.6 is 45.2 Å². The molecule has 0 N–H and O–H groups in total. The summed E-state index contributed by atoms with van der Waals surface area (Å²) in [6.45, 7) is 0. The number of rotatable bonds is 1. The molecule has 2 aromatic heterocycles. The third-order valence-electron chi connectivity index (χ3n) is 2.56. The SMILES string of the molecule is Ic1cc(I)nc(-c2ccc3cnccc3c2)n1. The van der Waals surface area contributed by atoms with Gasteiger partial charge in [0.05, 0.1) is 0 Å². The fraction of sp³-hybridized carbons (Fsp3) is 0. The predicted molar refractivity (Wildman–Crippen MR) is 88.2 cm³/mol. The van der Waals surface area contributed by atoms with Crippen molar-refractivity contribution in [2.45, 2.75) is 0 Å². The van der Waals surface area contributed by atoms with Crippen LogP contribution in [-0.4, -0.2) is 15.0 Å². The van der Waals surface area contributed by atoms with Gasteiger partial charge in [-0.15, -0.1) is 0 Å². The molecule has 0 amide bonds. The molecule has 0 saturated heterocycles. The molecule has 88 valence electrons. The highest BCUT2D eigenvalue weighted by Crippen LogP contribution is 2.22. The number of benzene rings is 1. The lowest BCUT2D eigenvalue weighted by molar-refractivity contribution is 1.12. The van der Waals surface area contributed by atoms with Crippen LogP contribution in [0.25, 0.3) is 22.2 Å². The lowest BCUT2D eigenvalue weighted by atomic mass is 10.1. The fourth-order valence-electron chi connectivity index (χ4n) is 1.74. The van der Waals surface area contributed by atoms with E-state index in [0.29, 0.717) is 0 Å². The number of aromatic nitrogens is 3. The second-order valence-corrected chi connectivity index (χ2v) is 5.99. The van der Waals surface area contributed by atoms with Gasteiger partial charge in [0.1, 0.15) is 7.40 Å². The molecule has 0 spiro atoms. The normalized spacial score (nSPS) is 10.8. The van der Waals surface area contributed by atoms with E-state index in [4.69, 9.17) is 0 Å². The number of halogens is 2. The van der Waals surface area contributed by atoms with Crippen LogP contribution in [-0.2, 0) is 0 Å². The Bertz CT molecular complexity index is 708. The van der Waals surface area contributed by atoms with Crippen LogP contribution in [0.1, 0.15) is 0 Å². The van der Waals surface area contributed by atoms with E-state index >= 15 is 0 Å². The summed E-state index contributed by atoms with van der Waals surface area (Å²) in [6, 6.07) is 10.1. The van der Waals surface area contributed by atoms with E-state index in [9.17, 15) is 0 Å². The highest BCUT2D eigenvalue weighted by Gasteiger charge is 2.05. The van der Waals surface area contributed by atoms with E-state index in [1.807, 2.05) is 30.5 Å². The maximum atomic E-state index is 4.47. The smallest absolute Gasteiger partial charge is 0.161 e. The zero-order chi connectivity index (χ0) is 12.5. The third kappa shape index (κ3) is 2.46. The predicted octanol–water partition coefficient (Wildman–Crippen LogP) is 3.90. The molecule has 5 heteroatoms. The lowest BCUT2D eigenvalue weighted by Gasteiger charge is -2.03. The number of pyridine rings is 1. The van der Waals surface area contributed by atoms with Gasteiger partial charge in [0, 0.05) is 29.4 Å². The Balaban J connectivity index is 2.19. The highest BCUT2D eigenvalue weighted by atomic mass is 127. The second-order valence-electron chi connectivity index (χ2n) is 3.77. The molecular weight excluding hydrogens is 452 g/mol. The molecular formula is C13H7I2N3. The summed E-state index contributed by atoms with van der Waals surface area (Å²) in [7, 11) is 0. The van der Waals surface area contributed by atoms with Crippen molar-refractivity contribution in [2.24, 2.45) is 0 Å². The summed E-state index contributed by atoms with van der Waals surface area (Å²) in [4.78, 5) is 13.0. The van der Waals surface area contributed by atoms with Crippen molar-refractivity contribution in [1.82, 2.24) is 15.0 Å². The van der Waals surface area contributed by atoms with E-state index < -0.39 is 0 Å². The van der Waals surface area contributed by atoms with Gasteiger partial charge in [-0.1, -0.05) is 12.1 Å². The van der Waals surface area contributed by atoms with Crippen LogP contribution in [0.15, 0.2) is 42.7 Å². The molecule has 0 unspecified atom stereocenters. The van der Waals surface area contributed by atoms with Crippen molar-refractivity contribution in [3.05, 3.63) is 50.1 Å². The minimum atomic E-state index is 0.769. The van der Waals surface area contributed by atoms with Crippen LogP contribution in [0.3, 0.4) is 0 Å². The van der Waals surface area contributed by atoms with Crippen LogP contribution < -0.4 is 0 Å². The molecule has 0 aliphatic heterocycles. The van der Waals surface area contributed by atoms with Crippen LogP contribution in [0, 0.1) is 7.40 Å². The molecule has 0 atom stereocenters. The molecule has 3 rings (SSSR count). The topological polar surface area (TPSA) is 38.7 Å². The van der Waals surface area contributed by atoms with E-state index in [0.717, 1.165) is 29.6 Å². The van der Waals surface area contributed by atoms with Crippen molar-refractivity contribution in [2.75, 3.05) is 0 Å². The summed E-state index contributed by atoms with van der Waals surface area (Å²) in [5.74, 6) is 0.769. The quantitative estimate of drug-likeness (QED) is 0.410. The third-order valence-corrected chi connectivity index (χ3v) is 3.67. The van der Waals surface area contributed by atoms with Crippen LogP contribution in [0.2, 0.25) is 0 Å². The highest BCUT2D eigenvalue weighted by molar-refractivity contribution is 14.1. The molecule has 1 aromatic carbocycles.